The maximum absolute atomic E-state index is 12.5. The van der Waals surface area contributed by atoms with Crippen LogP contribution in [0.3, 0.4) is 0 Å². The summed E-state index contributed by atoms with van der Waals surface area (Å²) in [6.07, 6.45) is 4.36. The molecule has 2 heterocycles. The minimum atomic E-state index is -3.18. The van der Waals surface area contributed by atoms with Gasteiger partial charge in [0.05, 0.1) is 12.9 Å². The van der Waals surface area contributed by atoms with E-state index in [1.807, 2.05) is 0 Å². The van der Waals surface area contributed by atoms with E-state index in [0.717, 1.165) is 12.8 Å². The van der Waals surface area contributed by atoms with E-state index in [0.29, 0.717) is 37.4 Å². The van der Waals surface area contributed by atoms with Crippen molar-refractivity contribution in [1.82, 2.24) is 9.62 Å². The molecular weight excluding hydrogens is 356 g/mol. The normalized spacial score (nSPS) is 25.8. The number of carbonyl (C=O) groups excluding carboxylic acids is 1. The van der Waals surface area contributed by atoms with Gasteiger partial charge in [0.25, 0.3) is 5.91 Å². The maximum Gasteiger partial charge on any atom is 0.251 e. The molecule has 7 nitrogen and oxygen atoms in total. The van der Waals surface area contributed by atoms with Crippen molar-refractivity contribution in [2.45, 2.75) is 43.8 Å². The van der Waals surface area contributed by atoms with Gasteiger partial charge in [-0.15, -0.1) is 0 Å². The van der Waals surface area contributed by atoms with Crippen molar-refractivity contribution >= 4 is 15.9 Å². The van der Waals surface area contributed by atoms with Crippen molar-refractivity contribution in [2.75, 3.05) is 26.6 Å². The summed E-state index contributed by atoms with van der Waals surface area (Å²) < 4.78 is 35.9. The van der Waals surface area contributed by atoms with Gasteiger partial charge in [-0.3, -0.25) is 4.79 Å². The Hall–Kier alpha value is -1.64. The number of nitrogens with zero attached hydrogens (tertiary/aromatic N) is 1. The molecule has 2 bridgehead atoms. The standard InChI is InChI=1S/C18H26N2O5S/c1-24-9-10-25-17-7-3-13(4-8-17)18(21)19-14-11-15-5-6-16(12-14)20(15)26(2,22)23/h3-4,7-8,14-16H,5-6,9-12H2,1-2H3,(H,19,21). The van der Waals surface area contributed by atoms with Crippen LogP contribution in [0.4, 0.5) is 0 Å². The van der Waals surface area contributed by atoms with Crippen molar-refractivity contribution in [2.24, 2.45) is 0 Å². The van der Waals surface area contributed by atoms with Crippen LogP contribution in [0, 0.1) is 0 Å². The zero-order valence-electron chi connectivity index (χ0n) is 15.2. The van der Waals surface area contributed by atoms with Crippen LogP contribution in [0.25, 0.3) is 0 Å². The smallest absolute Gasteiger partial charge is 0.251 e. The number of benzene rings is 1. The van der Waals surface area contributed by atoms with Gasteiger partial charge in [0.2, 0.25) is 10.0 Å². The maximum atomic E-state index is 12.5. The van der Waals surface area contributed by atoms with Gasteiger partial charge in [0.1, 0.15) is 12.4 Å². The summed E-state index contributed by atoms with van der Waals surface area (Å²) in [4.78, 5) is 12.5. The van der Waals surface area contributed by atoms with Gasteiger partial charge in [0.15, 0.2) is 0 Å². The fourth-order valence-electron chi connectivity index (χ4n) is 4.01. The SMILES string of the molecule is COCCOc1ccc(C(=O)NC2CC3CCC(C2)N3S(C)(=O)=O)cc1. The number of nitrogens with one attached hydrogen (secondary N) is 1. The fraction of sp³-hybridized carbons (Fsp3) is 0.611. The van der Waals surface area contributed by atoms with Crippen LogP contribution in [-0.4, -0.2) is 63.3 Å². The highest BCUT2D eigenvalue weighted by Crippen LogP contribution is 2.37. The first-order valence-corrected chi connectivity index (χ1v) is 10.7. The van der Waals surface area contributed by atoms with E-state index in [9.17, 15) is 13.2 Å². The highest BCUT2D eigenvalue weighted by Gasteiger charge is 2.45. The van der Waals surface area contributed by atoms with Crippen LogP contribution < -0.4 is 10.1 Å². The molecule has 2 aliphatic rings. The van der Waals surface area contributed by atoms with Crippen molar-refractivity contribution in [3.8, 4) is 5.75 Å². The van der Waals surface area contributed by atoms with Gasteiger partial charge >= 0.3 is 0 Å². The highest BCUT2D eigenvalue weighted by molar-refractivity contribution is 7.88. The Morgan fingerprint density at radius 2 is 1.77 bits per heavy atom. The molecule has 0 spiro atoms. The van der Waals surface area contributed by atoms with Crippen LogP contribution in [0.1, 0.15) is 36.0 Å². The highest BCUT2D eigenvalue weighted by atomic mass is 32.2. The van der Waals surface area contributed by atoms with E-state index in [4.69, 9.17) is 9.47 Å². The molecule has 2 aliphatic heterocycles. The Morgan fingerprint density at radius 1 is 1.15 bits per heavy atom. The lowest BCUT2D eigenvalue weighted by atomic mass is 9.99. The number of ether oxygens (including phenoxy) is 2. The summed E-state index contributed by atoms with van der Waals surface area (Å²) >= 11 is 0. The summed E-state index contributed by atoms with van der Waals surface area (Å²) in [5.74, 6) is 0.559. The first-order chi connectivity index (χ1) is 12.4. The summed E-state index contributed by atoms with van der Waals surface area (Å²) in [5.41, 5.74) is 0.571. The molecule has 8 heteroatoms. The first-order valence-electron chi connectivity index (χ1n) is 8.89. The number of piperidine rings is 1. The third-order valence-electron chi connectivity index (χ3n) is 5.06. The number of hydrogen-bond acceptors (Lipinski definition) is 5. The number of rotatable bonds is 7. The lowest BCUT2D eigenvalue weighted by Gasteiger charge is -2.37. The minimum absolute atomic E-state index is 0.00519. The second kappa shape index (κ2) is 7.94. The summed E-state index contributed by atoms with van der Waals surface area (Å²) in [6.45, 7) is 0.973. The molecule has 0 aromatic heterocycles. The van der Waals surface area contributed by atoms with Crippen LogP contribution in [0.15, 0.2) is 24.3 Å². The summed E-state index contributed by atoms with van der Waals surface area (Å²) in [7, 11) is -1.57. The summed E-state index contributed by atoms with van der Waals surface area (Å²) in [6, 6.07) is 7.02. The topological polar surface area (TPSA) is 84.9 Å². The van der Waals surface area contributed by atoms with Crippen LogP contribution in [0.5, 0.6) is 5.75 Å². The Bertz CT molecular complexity index is 720. The lowest BCUT2D eigenvalue weighted by molar-refractivity contribution is 0.0909. The minimum Gasteiger partial charge on any atom is -0.491 e. The number of amides is 1. The van der Waals surface area contributed by atoms with Gasteiger partial charge in [-0.25, -0.2) is 8.42 Å². The molecule has 0 saturated carbocycles. The molecule has 2 saturated heterocycles. The molecule has 1 aromatic carbocycles. The van der Waals surface area contributed by atoms with E-state index in [1.165, 1.54) is 6.26 Å². The number of methoxy groups -OCH3 is 1. The molecule has 1 N–H and O–H groups in total. The van der Waals surface area contributed by atoms with E-state index >= 15 is 0 Å². The third-order valence-corrected chi connectivity index (χ3v) is 6.42. The largest absolute Gasteiger partial charge is 0.491 e. The molecule has 144 valence electrons. The van der Waals surface area contributed by atoms with Crippen LogP contribution in [0.2, 0.25) is 0 Å². The Labute approximate surface area is 154 Å². The zero-order valence-corrected chi connectivity index (χ0v) is 16.0. The second-order valence-corrected chi connectivity index (χ2v) is 8.87. The van der Waals surface area contributed by atoms with Gasteiger partial charge in [-0.05, 0) is 49.9 Å². The number of hydrogen-bond donors (Lipinski definition) is 1. The Kier molecular flexibility index (Phi) is 5.84. The van der Waals surface area contributed by atoms with Gasteiger partial charge in [0, 0.05) is 30.8 Å². The van der Waals surface area contributed by atoms with E-state index in [-0.39, 0.29) is 24.0 Å². The van der Waals surface area contributed by atoms with E-state index in [2.05, 4.69) is 5.32 Å². The van der Waals surface area contributed by atoms with E-state index in [1.54, 1.807) is 35.7 Å². The monoisotopic (exact) mass is 382 g/mol. The molecule has 1 aromatic rings. The van der Waals surface area contributed by atoms with Gasteiger partial charge in [-0.2, -0.15) is 4.31 Å². The third kappa shape index (κ3) is 4.36. The van der Waals surface area contributed by atoms with Crippen molar-refractivity contribution in [3.05, 3.63) is 29.8 Å². The predicted molar refractivity (Wildman–Crippen MR) is 97.8 cm³/mol. The van der Waals surface area contributed by atoms with Gasteiger partial charge < -0.3 is 14.8 Å². The lowest BCUT2D eigenvalue weighted by Crippen LogP contribution is -2.52. The fourth-order valence-corrected chi connectivity index (χ4v) is 5.47. The Morgan fingerprint density at radius 3 is 2.31 bits per heavy atom. The van der Waals surface area contributed by atoms with Crippen molar-refractivity contribution in [3.63, 3.8) is 0 Å². The Balaban J connectivity index is 1.56. The average Bonchev–Trinajstić information content (AvgIpc) is 2.88. The molecule has 0 aliphatic carbocycles. The van der Waals surface area contributed by atoms with Crippen LogP contribution in [-0.2, 0) is 14.8 Å². The van der Waals surface area contributed by atoms with Crippen molar-refractivity contribution in [1.29, 1.82) is 0 Å². The van der Waals surface area contributed by atoms with Crippen LogP contribution >= 0.6 is 0 Å². The second-order valence-electron chi connectivity index (χ2n) is 6.99. The quantitative estimate of drug-likeness (QED) is 0.721. The number of fused-ring (bicyclic) bond motifs is 2. The first kappa shape index (κ1) is 19.1. The summed E-state index contributed by atoms with van der Waals surface area (Å²) in [5, 5.41) is 3.06. The molecule has 3 rings (SSSR count). The molecular formula is C18H26N2O5S. The number of carbonyl (C=O) groups is 1. The molecule has 2 atom stereocenters. The molecule has 2 fully saturated rings. The molecule has 1 amide bonds. The van der Waals surface area contributed by atoms with Crippen molar-refractivity contribution < 1.29 is 22.7 Å². The molecule has 2 unspecified atom stereocenters. The molecule has 26 heavy (non-hydrogen) atoms. The van der Waals surface area contributed by atoms with E-state index < -0.39 is 10.0 Å². The molecule has 0 radical (unpaired) electrons. The van der Waals surface area contributed by atoms with Gasteiger partial charge in [-0.1, -0.05) is 0 Å². The zero-order chi connectivity index (χ0) is 18.7. The predicted octanol–water partition coefficient (Wildman–Crippen LogP) is 1.40. The average molecular weight is 382 g/mol. The number of sulfonamides is 1.